The van der Waals surface area contributed by atoms with Crippen molar-refractivity contribution in [1.82, 2.24) is 0 Å². The van der Waals surface area contributed by atoms with Gasteiger partial charge in [-0.2, -0.15) is 0 Å². The molecule has 22 heavy (non-hydrogen) atoms. The van der Waals surface area contributed by atoms with Gasteiger partial charge in [-0.05, 0) is 37.1 Å². The van der Waals surface area contributed by atoms with Crippen LogP contribution in [0.3, 0.4) is 0 Å². The molecule has 0 amide bonds. The van der Waals surface area contributed by atoms with Crippen molar-refractivity contribution in [3.8, 4) is 0 Å². The summed E-state index contributed by atoms with van der Waals surface area (Å²) in [7, 11) is 0. The number of aliphatic carboxylic acids is 1. The highest BCUT2D eigenvalue weighted by Gasteiger charge is 2.00. The van der Waals surface area contributed by atoms with Gasteiger partial charge in [0.05, 0.1) is 5.69 Å². The van der Waals surface area contributed by atoms with Crippen LogP contribution in [0.2, 0.25) is 0 Å². The van der Waals surface area contributed by atoms with Gasteiger partial charge >= 0.3 is 0 Å². The zero-order valence-electron chi connectivity index (χ0n) is 13.0. The topological polar surface area (TPSA) is 87.7 Å². The molecule has 5 nitrogen and oxygen atoms in total. The highest BCUT2D eigenvalue weighted by molar-refractivity contribution is 5.94. The Hall–Kier alpha value is -2.82. The van der Waals surface area contributed by atoms with E-state index in [0.29, 0.717) is 5.96 Å². The highest BCUT2D eigenvalue weighted by atomic mass is 16.4. The number of benzene rings is 2. The van der Waals surface area contributed by atoms with E-state index < -0.39 is 5.97 Å². The molecule has 2 rings (SSSR count). The number of anilines is 1. The van der Waals surface area contributed by atoms with E-state index in [0.717, 1.165) is 29.4 Å². The Bertz CT molecular complexity index is 662. The number of hydrogen-bond acceptors (Lipinski definition) is 2. The van der Waals surface area contributed by atoms with Crippen molar-refractivity contribution in [3.63, 3.8) is 0 Å². The van der Waals surface area contributed by atoms with Crippen molar-refractivity contribution < 1.29 is 9.90 Å². The molecule has 2 aromatic rings. The van der Waals surface area contributed by atoms with Gasteiger partial charge in [-0.25, -0.2) is 4.99 Å². The molecule has 5 heteroatoms. The number of guanidine groups is 1. The predicted octanol–water partition coefficient (Wildman–Crippen LogP) is 3.45. The molecule has 116 valence electrons. The molecule has 0 aromatic heterocycles. The van der Waals surface area contributed by atoms with Gasteiger partial charge in [0.1, 0.15) is 0 Å². The van der Waals surface area contributed by atoms with Gasteiger partial charge in [0.15, 0.2) is 5.96 Å². The summed E-state index contributed by atoms with van der Waals surface area (Å²) in [5.41, 5.74) is 10.0. The van der Waals surface area contributed by atoms with E-state index in [4.69, 9.17) is 15.6 Å². The van der Waals surface area contributed by atoms with Crippen molar-refractivity contribution in [2.75, 3.05) is 5.32 Å². The third-order valence-electron chi connectivity index (χ3n) is 2.76. The number of carboxylic acid groups (broad SMARTS) is 1. The average Bonchev–Trinajstić information content (AvgIpc) is 2.43. The van der Waals surface area contributed by atoms with E-state index in [9.17, 15) is 0 Å². The molecule has 0 spiro atoms. The summed E-state index contributed by atoms with van der Waals surface area (Å²) in [5, 5.41) is 10.5. The maximum absolute atomic E-state index is 9.00. The minimum atomic E-state index is -0.833. The molecule has 0 aliphatic rings. The van der Waals surface area contributed by atoms with Crippen LogP contribution in [0.15, 0.2) is 53.5 Å². The number of para-hydroxylation sites is 2. The Labute approximate surface area is 130 Å². The predicted molar refractivity (Wildman–Crippen MR) is 90.6 cm³/mol. The maximum Gasteiger partial charge on any atom is 0.300 e. The maximum atomic E-state index is 9.00. The van der Waals surface area contributed by atoms with Crippen molar-refractivity contribution in [2.45, 2.75) is 20.8 Å². The van der Waals surface area contributed by atoms with Gasteiger partial charge in [-0.15, -0.1) is 0 Å². The number of nitrogens with two attached hydrogens (primary N) is 1. The van der Waals surface area contributed by atoms with E-state index in [1.165, 1.54) is 0 Å². The fraction of sp³-hybridized carbons (Fsp3) is 0.176. The van der Waals surface area contributed by atoms with Crippen LogP contribution in [0, 0.1) is 13.8 Å². The Morgan fingerprint density at radius 2 is 1.55 bits per heavy atom. The lowest BCUT2D eigenvalue weighted by Gasteiger charge is -2.08. The molecular formula is C17H21N3O2. The number of hydrogen-bond donors (Lipinski definition) is 3. The largest absolute Gasteiger partial charge is 0.481 e. The first kappa shape index (κ1) is 17.2. The molecular weight excluding hydrogens is 278 g/mol. The Morgan fingerprint density at radius 3 is 2.09 bits per heavy atom. The number of rotatable bonds is 2. The molecule has 0 atom stereocenters. The van der Waals surface area contributed by atoms with Gasteiger partial charge in [-0.1, -0.05) is 36.4 Å². The van der Waals surface area contributed by atoms with Crippen molar-refractivity contribution in [2.24, 2.45) is 10.7 Å². The number of carboxylic acids is 1. The monoisotopic (exact) mass is 299 g/mol. The molecule has 0 bridgehead atoms. The van der Waals surface area contributed by atoms with E-state index in [-0.39, 0.29) is 0 Å². The summed E-state index contributed by atoms with van der Waals surface area (Å²) in [5.74, 6) is -0.432. The van der Waals surface area contributed by atoms with Crippen LogP contribution >= 0.6 is 0 Å². The number of carbonyl (C=O) groups is 1. The summed E-state index contributed by atoms with van der Waals surface area (Å²) in [6, 6.07) is 15.9. The molecule has 0 saturated carbocycles. The Morgan fingerprint density at radius 1 is 1.05 bits per heavy atom. The minimum Gasteiger partial charge on any atom is -0.481 e. The van der Waals surface area contributed by atoms with Gasteiger partial charge in [0, 0.05) is 12.6 Å². The first-order valence-electron chi connectivity index (χ1n) is 6.82. The summed E-state index contributed by atoms with van der Waals surface area (Å²) in [4.78, 5) is 13.4. The van der Waals surface area contributed by atoms with E-state index in [1.54, 1.807) is 0 Å². The lowest BCUT2D eigenvalue weighted by molar-refractivity contribution is -0.134. The fourth-order valence-corrected chi connectivity index (χ4v) is 1.70. The standard InChI is InChI=1S/C15H17N3.C2H4O2/c1-11-7-3-5-9-13(11)17-15(16)18-14-10-6-4-8-12(14)2;1-2(3)4/h3-10H,1-2H3,(H3,16,17,18);1H3,(H,3,4). The second kappa shape index (κ2) is 8.46. The first-order valence-corrected chi connectivity index (χ1v) is 6.82. The highest BCUT2D eigenvalue weighted by Crippen LogP contribution is 2.18. The first-order chi connectivity index (χ1) is 10.4. The molecule has 0 saturated heterocycles. The number of aliphatic imine (C=N–C) groups is 1. The van der Waals surface area contributed by atoms with Gasteiger partial charge in [0.2, 0.25) is 0 Å². The lowest BCUT2D eigenvalue weighted by atomic mass is 10.2. The molecule has 0 aliphatic carbocycles. The van der Waals surface area contributed by atoms with E-state index in [1.807, 2.05) is 62.4 Å². The molecule has 4 N–H and O–H groups in total. The third-order valence-corrected chi connectivity index (χ3v) is 2.76. The van der Waals surface area contributed by atoms with Crippen molar-refractivity contribution in [1.29, 1.82) is 0 Å². The lowest BCUT2D eigenvalue weighted by Crippen LogP contribution is -2.22. The second-order valence-corrected chi connectivity index (χ2v) is 4.74. The Kier molecular flexibility index (Phi) is 6.63. The van der Waals surface area contributed by atoms with Gasteiger partial charge in [-0.3, -0.25) is 4.79 Å². The second-order valence-electron chi connectivity index (χ2n) is 4.74. The molecule has 0 aliphatic heterocycles. The minimum absolute atomic E-state index is 0.401. The van der Waals surface area contributed by atoms with Crippen LogP contribution in [-0.4, -0.2) is 17.0 Å². The Balaban J connectivity index is 0.000000541. The SMILES string of the molecule is CC(=O)O.Cc1ccccc1N=C(N)Nc1ccccc1C. The molecule has 2 aromatic carbocycles. The molecule has 0 radical (unpaired) electrons. The normalized spacial score (nSPS) is 10.4. The van der Waals surface area contributed by atoms with Crippen LogP contribution in [0.4, 0.5) is 11.4 Å². The zero-order chi connectivity index (χ0) is 16.5. The zero-order valence-corrected chi connectivity index (χ0v) is 13.0. The van der Waals surface area contributed by atoms with Gasteiger partial charge < -0.3 is 16.2 Å². The quantitative estimate of drug-likeness (QED) is 0.585. The van der Waals surface area contributed by atoms with Crippen LogP contribution < -0.4 is 11.1 Å². The number of nitrogens with one attached hydrogen (secondary N) is 1. The third kappa shape index (κ3) is 6.09. The summed E-state index contributed by atoms with van der Waals surface area (Å²) < 4.78 is 0. The number of nitrogens with zero attached hydrogens (tertiary/aromatic N) is 1. The fourth-order valence-electron chi connectivity index (χ4n) is 1.70. The summed E-state index contributed by atoms with van der Waals surface area (Å²) in [6.45, 7) is 5.13. The molecule has 0 fully saturated rings. The molecule has 0 heterocycles. The van der Waals surface area contributed by atoms with Crippen LogP contribution in [0.5, 0.6) is 0 Å². The van der Waals surface area contributed by atoms with Crippen LogP contribution in [0.25, 0.3) is 0 Å². The summed E-state index contributed by atoms with van der Waals surface area (Å²) >= 11 is 0. The van der Waals surface area contributed by atoms with Crippen LogP contribution in [0.1, 0.15) is 18.1 Å². The van der Waals surface area contributed by atoms with Crippen LogP contribution in [-0.2, 0) is 4.79 Å². The van der Waals surface area contributed by atoms with Gasteiger partial charge in [0.25, 0.3) is 5.97 Å². The van der Waals surface area contributed by atoms with E-state index in [2.05, 4.69) is 10.3 Å². The van der Waals surface area contributed by atoms with Crippen molar-refractivity contribution in [3.05, 3.63) is 59.7 Å². The smallest absolute Gasteiger partial charge is 0.300 e. The average molecular weight is 299 g/mol. The van der Waals surface area contributed by atoms with Crippen molar-refractivity contribution >= 4 is 23.3 Å². The number of aryl methyl sites for hydroxylation is 2. The van der Waals surface area contributed by atoms with E-state index >= 15 is 0 Å². The summed E-state index contributed by atoms with van der Waals surface area (Å²) in [6.07, 6.45) is 0. The molecule has 0 unspecified atom stereocenters.